The smallest absolute Gasteiger partial charge is 0.238 e. The summed E-state index contributed by atoms with van der Waals surface area (Å²) in [6.07, 6.45) is 2.02. The number of benzene rings is 3. The van der Waals surface area contributed by atoms with E-state index in [4.69, 9.17) is 16.3 Å². The number of fused-ring (bicyclic) bond motifs is 1. The number of carbonyl (C=O) groups excluding carboxylic acids is 1. The molecule has 1 atom stereocenters. The quantitative estimate of drug-likeness (QED) is 0.240. The Labute approximate surface area is 197 Å². The van der Waals surface area contributed by atoms with Crippen molar-refractivity contribution >= 4 is 32.7 Å². The Kier molecular flexibility index (Phi) is 6.23. The molecule has 4 aromatic rings. The molecule has 0 fully saturated rings. The topological polar surface area (TPSA) is 144 Å². The summed E-state index contributed by atoms with van der Waals surface area (Å²) in [4.78, 5) is 13.2. The van der Waals surface area contributed by atoms with E-state index in [2.05, 4.69) is 5.32 Å². The van der Waals surface area contributed by atoms with Crippen LogP contribution in [-0.4, -0.2) is 24.7 Å². The van der Waals surface area contributed by atoms with Crippen molar-refractivity contribution in [3.8, 4) is 0 Å². The zero-order chi connectivity index (χ0) is 24.5. The van der Waals surface area contributed by atoms with E-state index < -0.39 is 16.1 Å². The Morgan fingerprint density at radius 2 is 1.68 bits per heavy atom. The molecule has 4 rings (SSSR count). The number of carbonyl (C=O) groups is 1. The molecule has 34 heavy (non-hydrogen) atoms. The molecule has 0 aliphatic carbocycles. The molecule has 1 aromatic heterocycles. The summed E-state index contributed by atoms with van der Waals surface area (Å²) < 4.78 is 25.2. The summed E-state index contributed by atoms with van der Waals surface area (Å²) in [6.45, 7) is 0. The number of nitrogens with zero attached hydrogens (tertiary/aromatic N) is 1. The van der Waals surface area contributed by atoms with Gasteiger partial charge in [-0.05, 0) is 47.0 Å². The minimum absolute atomic E-state index is 0.00594. The maximum Gasteiger partial charge on any atom is 0.238 e. The average molecular weight is 476 g/mol. The molecule has 8 nitrogen and oxygen atoms in total. The van der Waals surface area contributed by atoms with E-state index in [1.165, 1.54) is 12.1 Å². The first-order valence-electron chi connectivity index (χ1n) is 10.5. The second kappa shape index (κ2) is 9.12. The molecular weight excluding hydrogens is 450 g/mol. The monoisotopic (exact) mass is 475 g/mol. The molecule has 0 radical (unpaired) electrons. The van der Waals surface area contributed by atoms with Crippen LogP contribution in [0.4, 0.5) is 0 Å². The second-order valence-electron chi connectivity index (χ2n) is 8.11. The molecule has 3 aromatic carbocycles. The normalized spacial score (nSPS) is 12.4. The van der Waals surface area contributed by atoms with Crippen LogP contribution in [0, 0.1) is 5.41 Å². The van der Waals surface area contributed by atoms with Gasteiger partial charge in [0, 0.05) is 29.7 Å². The van der Waals surface area contributed by atoms with Crippen molar-refractivity contribution in [2.45, 2.75) is 17.4 Å². The first-order chi connectivity index (χ1) is 16.1. The van der Waals surface area contributed by atoms with Gasteiger partial charge in [-0.25, -0.2) is 13.6 Å². The lowest BCUT2D eigenvalue weighted by atomic mass is 9.98. The van der Waals surface area contributed by atoms with Gasteiger partial charge in [-0.1, -0.05) is 42.5 Å². The minimum Gasteiger partial charge on any atom is -0.384 e. The van der Waals surface area contributed by atoms with Crippen molar-refractivity contribution in [3.05, 3.63) is 101 Å². The zero-order valence-electron chi connectivity index (χ0n) is 18.5. The van der Waals surface area contributed by atoms with E-state index in [-0.39, 0.29) is 23.1 Å². The van der Waals surface area contributed by atoms with Crippen LogP contribution < -0.4 is 16.2 Å². The molecule has 0 aliphatic rings. The maximum absolute atomic E-state index is 13.2. The van der Waals surface area contributed by atoms with Crippen LogP contribution in [0.15, 0.2) is 83.9 Å². The fourth-order valence-electron chi connectivity index (χ4n) is 4.02. The Balaban J connectivity index is 1.64. The Hall–Kier alpha value is -3.95. The van der Waals surface area contributed by atoms with Gasteiger partial charge in [0.15, 0.2) is 0 Å². The lowest BCUT2D eigenvalue weighted by molar-refractivity contribution is -0.120. The van der Waals surface area contributed by atoms with Crippen molar-refractivity contribution in [2.75, 3.05) is 0 Å². The van der Waals surface area contributed by atoms with Gasteiger partial charge < -0.3 is 15.6 Å². The molecule has 9 heteroatoms. The summed E-state index contributed by atoms with van der Waals surface area (Å²) in [5.41, 5.74) is 9.58. The molecule has 1 heterocycles. The number of aryl methyl sites for hydroxylation is 1. The van der Waals surface area contributed by atoms with E-state index in [0.717, 1.165) is 27.6 Å². The number of rotatable bonds is 7. The Bertz CT molecular complexity index is 1480. The lowest BCUT2D eigenvalue weighted by Gasteiger charge is -2.20. The standard InChI is InChI=1S/C25H25N5O3S/c1-30-15-19(21-13-18(25(26)27)9-12-22(21)30)14-23(31)29-24(16-5-3-2-4-6-16)17-7-10-20(11-8-17)34(28,32)33/h2-13,15,24H,14H2,1H3,(H3,26,27)(H,29,31)(H2,28,32,33). The number of nitrogens with one attached hydrogen (secondary N) is 2. The summed E-state index contributed by atoms with van der Waals surface area (Å²) in [5, 5.41) is 16.9. The van der Waals surface area contributed by atoms with Gasteiger partial charge in [-0.3, -0.25) is 10.2 Å². The Morgan fingerprint density at radius 3 is 2.29 bits per heavy atom. The highest BCUT2D eigenvalue weighted by Gasteiger charge is 2.19. The first-order valence-corrected chi connectivity index (χ1v) is 12.1. The van der Waals surface area contributed by atoms with Gasteiger partial charge in [0.2, 0.25) is 15.9 Å². The van der Waals surface area contributed by atoms with Gasteiger partial charge in [-0.2, -0.15) is 0 Å². The van der Waals surface area contributed by atoms with E-state index in [0.29, 0.717) is 5.56 Å². The van der Waals surface area contributed by atoms with Crippen molar-refractivity contribution < 1.29 is 13.2 Å². The van der Waals surface area contributed by atoms with E-state index in [9.17, 15) is 13.2 Å². The molecule has 6 N–H and O–H groups in total. The third kappa shape index (κ3) is 4.85. The SMILES string of the molecule is Cn1cc(CC(=O)NC(c2ccccc2)c2ccc(S(N)(=O)=O)cc2)c2cc(C(=N)N)ccc21. The zero-order valence-corrected chi connectivity index (χ0v) is 19.3. The van der Waals surface area contributed by atoms with Gasteiger partial charge in [0.25, 0.3) is 0 Å². The van der Waals surface area contributed by atoms with Gasteiger partial charge in [0.05, 0.1) is 17.4 Å². The number of primary sulfonamides is 1. The predicted molar refractivity (Wildman–Crippen MR) is 132 cm³/mol. The van der Waals surface area contributed by atoms with Crippen molar-refractivity contribution in [2.24, 2.45) is 17.9 Å². The van der Waals surface area contributed by atoms with Gasteiger partial charge in [-0.15, -0.1) is 0 Å². The van der Waals surface area contributed by atoms with Gasteiger partial charge >= 0.3 is 0 Å². The number of hydrogen-bond acceptors (Lipinski definition) is 4. The number of amidine groups is 1. The third-order valence-corrected chi connectivity index (χ3v) is 6.64. The number of nitrogen functional groups attached to an aromatic ring is 1. The Morgan fingerprint density at radius 1 is 1.03 bits per heavy atom. The van der Waals surface area contributed by atoms with Crippen molar-refractivity contribution in [3.63, 3.8) is 0 Å². The van der Waals surface area contributed by atoms with Crippen LogP contribution in [0.3, 0.4) is 0 Å². The molecule has 0 aliphatic heterocycles. The number of amides is 1. The number of hydrogen-bond donors (Lipinski definition) is 4. The largest absolute Gasteiger partial charge is 0.384 e. The molecule has 0 spiro atoms. The fraction of sp³-hybridized carbons (Fsp3) is 0.120. The van der Waals surface area contributed by atoms with Gasteiger partial charge in [0.1, 0.15) is 5.84 Å². The minimum atomic E-state index is -3.82. The summed E-state index contributed by atoms with van der Waals surface area (Å²) in [7, 11) is -1.92. The van der Waals surface area contributed by atoms with Crippen LogP contribution in [0.5, 0.6) is 0 Å². The number of sulfonamides is 1. The summed E-state index contributed by atoms with van der Waals surface area (Å²) in [5.74, 6) is -0.238. The summed E-state index contributed by atoms with van der Waals surface area (Å²) >= 11 is 0. The molecule has 0 bridgehead atoms. The van der Waals surface area contributed by atoms with E-state index in [1.807, 2.05) is 60.3 Å². The lowest BCUT2D eigenvalue weighted by Crippen LogP contribution is -2.30. The number of nitrogens with two attached hydrogens (primary N) is 2. The van der Waals surface area contributed by atoms with Crippen LogP contribution >= 0.6 is 0 Å². The van der Waals surface area contributed by atoms with Crippen molar-refractivity contribution in [1.29, 1.82) is 5.41 Å². The average Bonchev–Trinajstić information content (AvgIpc) is 3.12. The molecule has 1 unspecified atom stereocenters. The highest BCUT2D eigenvalue weighted by atomic mass is 32.2. The summed E-state index contributed by atoms with van der Waals surface area (Å²) in [6, 6.07) is 20.6. The van der Waals surface area contributed by atoms with E-state index >= 15 is 0 Å². The second-order valence-corrected chi connectivity index (χ2v) is 9.67. The van der Waals surface area contributed by atoms with Crippen LogP contribution in [0.1, 0.15) is 28.3 Å². The molecule has 1 amide bonds. The van der Waals surface area contributed by atoms with Crippen molar-refractivity contribution in [1.82, 2.24) is 9.88 Å². The molecule has 174 valence electrons. The van der Waals surface area contributed by atoms with Crippen LogP contribution in [-0.2, 0) is 28.3 Å². The van der Waals surface area contributed by atoms with E-state index in [1.54, 1.807) is 18.2 Å². The third-order valence-electron chi connectivity index (χ3n) is 5.71. The van der Waals surface area contributed by atoms with Crippen LogP contribution in [0.25, 0.3) is 10.9 Å². The molecular formula is C25H25N5O3S. The fourth-order valence-corrected chi connectivity index (χ4v) is 4.54. The maximum atomic E-state index is 13.2. The first kappa shape index (κ1) is 23.2. The predicted octanol–water partition coefficient (Wildman–Crippen LogP) is 2.56. The molecule has 0 saturated heterocycles. The number of aromatic nitrogens is 1. The molecule has 0 saturated carbocycles. The highest BCUT2D eigenvalue weighted by molar-refractivity contribution is 7.89. The van der Waals surface area contributed by atoms with Crippen LogP contribution in [0.2, 0.25) is 0 Å². The highest BCUT2D eigenvalue weighted by Crippen LogP contribution is 2.25.